The number of ether oxygens (including phenoxy) is 1. The minimum Gasteiger partial charge on any atom is -0.483 e. The summed E-state index contributed by atoms with van der Waals surface area (Å²) in [5.74, 6) is 0.503. The molecule has 5 heteroatoms. The molecule has 4 rings (SSSR count). The van der Waals surface area contributed by atoms with Crippen molar-refractivity contribution in [2.45, 2.75) is 13.3 Å². The van der Waals surface area contributed by atoms with Gasteiger partial charge < -0.3 is 4.74 Å². The van der Waals surface area contributed by atoms with E-state index < -0.39 is 0 Å². The standard InChI is InChI=1S/C23H20N2O2S/c1-16-7-2-5-12-21(16)27-15-22(26)25-23-24-14-19(28-23)13-18-10-6-9-17-8-3-4-11-20(17)18/h2-12,14H,13,15H2,1H3,(H,24,25,26). The largest absolute Gasteiger partial charge is 0.483 e. The van der Waals surface area contributed by atoms with Gasteiger partial charge in [0.05, 0.1) is 0 Å². The molecule has 28 heavy (non-hydrogen) atoms. The van der Waals surface area contributed by atoms with Gasteiger partial charge in [0.2, 0.25) is 0 Å². The second-order valence-electron chi connectivity index (χ2n) is 6.55. The molecule has 0 bridgehead atoms. The lowest BCUT2D eigenvalue weighted by atomic mass is 10.0. The fraction of sp³-hybridized carbons (Fsp3) is 0.130. The Bertz CT molecular complexity index is 1120. The number of hydrogen-bond donors (Lipinski definition) is 1. The lowest BCUT2D eigenvalue weighted by Crippen LogP contribution is -2.20. The SMILES string of the molecule is Cc1ccccc1OCC(=O)Nc1ncc(Cc2cccc3ccccc23)s1. The number of hydrogen-bond acceptors (Lipinski definition) is 4. The van der Waals surface area contributed by atoms with Crippen molar-refractivity contribution in [2.24, 2.45) is 0 Å². The van der Waals surface area contributed by atoms with Crippen LogP contribution in [0.25, 0.3) is 10.8 Å². The van der Waals surface area contributed by atoms with E-state index in [0.29, 0.717) is 10.9 Å². The van der Waals surface area contributed by atoms with Crippen molar-refractivity contribution >= 4 is 33.1 Å². The quantitative estimate of drug-likeness (QED) is 0.493. The number of fused-ring (bicyclic) bond motifs is 1. The minimum atomic E-state index is -0.214. The second-order valence-corrected chi connectivity index (χ2v) is 7.66. The summed E-state index contributed by atoms with van der Waals surface area (Å²) >= 11 is 1.49. The molecule has 0 aliphatic heterocycles. The van der Waals surface area contributed by atoms with Crippen LogP contribution in [0.2, 0.25) is 0 Å². The number of para-hydroxylation sites is 1. The molecule has 1 N–H and O–H groups in total. The molecule has 4 nitrogen and oxygen atoms in total. The zero-order chi connectivity index (χ0) is 19.3. The molecule has 0 saturated heterocycles. The molecular formula is C23H20N2O2S. The van der Waals surface area contributed by atoms with E-state index in [2.05, 4.69) is 46.7 Å². The first-order valence-electron chi connectivity index (χ1n) is 9.09. The van der Waals surface area contributed by atoms with Crippen LogP contribution in [-0.2, 0) is 11.2 Å². The van der Waals surface area contributed by atoms with E-state index in [1.165, 1.54) is 27.7 Å². The van der Waals surface area contributed by atoms with Crippen LogP contribution in [0.1, 0.15) is 16.0 Å². The van der Waals surface area contributed by atoms with Gasteiger partial charge in [0.1, 0.15) is 5.75 Å². The van der Waals surface area contributed by atoms with Gasteiger partial charge in [0.15, 0.2) is 11.7 Å². The van der Waals surface area contributed by atoms with E-state index in [9.17, 15) is 4.79 Å². The molecule has 0 aliphatic carbocycles. The van der Waals surface area contributed by atoms with E-state index in [1.807, 2.05) is 43.5 Å². The number of amides is 1. The first kappa shape index (κ1) is 18.2. The molecule has 140 valence electrons. The maximum absolute atomic E-state index is 12.2. The van der Waals surface area contributed by atoms with Crippen molar-refractivity contribution in [3.05, 3.63) is 88.9 Å². The van der Waals surface area contributed by atoms with Crippen LogP contribution in [0.3, 0.4) is 0 Å². The van der Waals surface area contributed by atoms with Crippen LogP contribution in [0.4, 0.5) is 5.13 Å². The molecule has 0 fully saturated rings. The molecule has 0 spiro atoms. The highest BCUT2D eigenvalue weighted by atomic mass is 32.1. The van der Waals surface area contributed by atoms with Gasteiger partial charge in [-0.15, -0.1) is 11.3 Å². The number of rotatable bonds is 6. The average Bonchev–Trinajstić information content (AvgIpc) is 3.14. The zero-order valence-corrected chi connectivity index (χ0v) is 16.3. The Kier molecular flexibility index (Phi) is 5.35. The van der Waals surface area contributed by atoms with Crippen LogP contribution in [0.5, 0.6) is 5.75 Å². The molecular weight excluding hydrogens is 368 g/mol. The fourth-order valence-corrected chi connectivity index (χ4v) is 3.95. The number of nitrogens with zero attached hydrogens (tertiary/aromatic N) is 1. The summed E-state index contributed by atoms with van der Waals surface area (Å²) in [7, 11) is 0. The van der Waals surface area contributed by atoms with E-state index in [0.717, 1.165) is 16.9 Å². The van der Waals surface area contributed by atoms with Crippen LogP contribution in [-0.4, -0.2) is 17.5 Å². The molecule has 0 saturated carbocycles. The van der Waals surface area contributed by atoms with Crippen LogP contribution >= 0.6 is 11.3 Å². The van der Waals surface area contributed by atoms with Crippen LogP contribution in [0, 0.1) is 6.92 Å². The Labute approximate surface area is 167 Å². The first-order valence-corrected chi connectivity index (χ1v) is 9.90. The molecule has 3 aromatic carbocycles. The molecule has 1 aromatic heterocycles. The predicted octanol–water partition coefficient (Wildman–Crippen LogP) is 5.21. The van der Waals surface area contributed by atoms with Crippen molar-refractivity contribution in [1.29, 1.82) is 0 Å². The average molecular weight is 388 g/mol. The van der Waals surface area contributed by atoms with E-state index in [4.69, 9.17) is 4.74 Å². The highest BCUT2D eigenvalue weighted by molar-refractivity contribution is 7.15. The molecule has 1 heterocycles. The zero-order valence-electron chi connectivity index (χ0n) is 15.5. The van der Waals surface area contributed by atoms with Gasteiger partial charge in [0, 0.05) is 17.5 Å². The van der Waals surface area contributed by atoms with E-state index in [-0.39, 0.29) is 12.5 Å². The minimum absolute atomic E-state index is 0.0386. The number of benzene rings is 3. The number of anilines is 1. The highest BCUT2D eigenvalue weighted by Gasteiger charge is 2.10. The Balaban J connectivity index is 1.39. The lowest BCUT2D eigenvalue weighted by molar-refractivity contribution is -0.118. The summed E-state index contributed by atoms with van der Waals surface area (Å²) in [4.78, 5) is 17.6. The predicted molar refractivity (Wildman–Crippen MR) is 114 cm³/mol. The van der Waals surface area contributed by atoms with Gasteiger partial charge in [0.25, 0.3) is 5.91 Å². The van der Waals surface area contributed by atoms with Crippen molar-refractivity contribution < 1.29 is 9.53 Å². The Morgan fingerprint density at radius 3 is 2.71 bits per heavy atom. The number of carbonyl (C=O) groups excluding carboxylic acids is 1. The summed E-state index contributed by atoms with van der Waals surface area (Å²) in [6, 6.07) is 22.3. The van der Waals surface area contributed by atoms with Crippen molar-refractivity contribution in [1.82, 2.24) is 4.98 Å². The maximum Gasteiger partial charge on any atom is 0.264 e. The van der Waals surface area contributed by atoms with Gasteiger partial charge >= 0.3 is 0 Å². The molecule has 0 atom stereocenters. The third kappa shape index (κ3) is 4.21. The van der Waals surface area contributed by atoms with Gasteiger partial charge in [-0.05, 0) is 34.9 Å². The third-order valence-corrected chi connectivity index (χ3v) is 5.41. The van der Waals surface area contributed by atoms with Crippen LogP contribution < -0.4 is 10.1 Å². The second kappa shape index (κ2) is 8.23. The molecule has 0 aliphatic rings. The normalized spacial score (nSPS) is 10.8. The number of carbonyl (C=O) groups is 1. The van der Waals surface area contributed by atoms with Gasteiger partial charge in [-0.25, -0.2) is 4.98 Å². The van der Waals surface area contributed by atoms with Gasteiger partial charge in [-0.2, -0.15) is 0 Å². The summed E-state index contributed by atoms with van der Waals surface area (Å²) in [6.07, 6.45) is 2.61. The number of thiazole rings is 1. The van der Waals surface area contributed by atoms with Crippen molar-refractivity contribution in [2.75, 3.05) is 11.9 Å². The summed E-state index contributed by atoms with van der Waals surface area (Å²) in [5, 5.41) is 5.88. The van der Waals surface area contributed by atoms with Crippen molar-refractivity contribution in [3.8, 4) is 5.75 Å². The third-order valence-electron chi connectivity index (χ3n) is 4.50. The van der Waals surface area contributed by atoms with E-state index >= 15 is 0 Å². The molecule has 0 unspecified atom stereocenters. The molecule has 4 aromatic rings. The van der Waals surface area contributed by atoms with Crippen molar-refractivity contribution in [3.63, 3.8) is 0 Å². The summed E-state index contributed by atoms with van der Waals surface area (Å²) in [5.41, 5.74) is 2.25. The lowest BCUT2D eigenvalue weighted by Gasteiger charge is -2.08. The van der Waals surface area contributed by atoms with Gasteiger partial charge in [-0.3, -0.25) is 10.1 Å². The number of aromatic nitrogens is 1. The van der Waals surface area contributed by atoms with Gasteiger partial charge in [-0.1, -0.05) is 60.7 Å². The maximum atomic E-state index is 12.2. The molecule has 0 radical (unpaired) electrons. The first-order chi connectivity index (χ1) is 13.7. The summed E-state index contributed by atoms with van der Waals surface area (Å²) in [6.45, 7) is 1.91. The van der Waals surface area contributed by atoms with Crippen LogP contribution in [0.15, 0.2) is 72.9 Å². The molecule has 1 amide bonds. The highest BCUT2D eigenvalue weighted by Crippen LogP contribution is 2.25. The Morgan fingerprint density at radius 1 is 1.04 bits per heavy atom. The Hall–Kier alpha value is -3.18. The number of aryl methyl sites for hydroxylation is 1. The van der Waals surface area contributed by atoms with E-state index in [1.54, 1.807) is 0 Å². The monoisotopic (exact) mass is 388 g/mol. The Morgan fingerprint density at radius 2 is 1.82 bits per heavy atom. The number of nitrogens with one attached hydrogen (secondary N) is 1. The topological polar surface area (TPSA) is 51.2 Å². The smallest absolute Gasteiger partial charge is 0.264 e. The summed E-state index contributed by atoms with van der Waals surface area (Å²) < 4.78 is 5.59. The fourth-order valence-electron chi connectivity index (χ4n) is 3.10.